The quantitative estimate of drug-likeness (QED) is 0.244. The number of aryl methyl sites for hydroxylation is 1. The first-order chi connectivity index (χ1) is 16.9. The largest absolute Gasteiger partial charge is 0.493 e. The fourth-order valence-corrected chi connectivity index (χ4v) is 4.44. The number of fused-ring (bicyclic) bond motifs is 1. The molecule has 0 saturated heterocycles. The van der Waals surface area contributed by atoms with Crippen LogP contribution in [0.25, 0.3) is 16.6 Å². The van der Waals surface area contributed by atoms with Crippen LogP contribution < -0.4 is 10.3 Å². The number of nitrogens with zero attached hydrogens (tertiary/aromatic N) is 4. The van der Waals surface area contributed by atoms with E-state index in [1.165, 1.54) is 4.68 Å². The van der Waals surface area contributed by atoms with Crippen molar-refractivity contribution in [2.75, 3.05) is 6.61 Å². The molecule has 0 fully saturated rings. The smallest absolute Gasteiger partial charge is 0.282 e. The van der Waals surface area contributed by atoms with Crippen LogP contribution in [0.15, 0.2) is 62.9 Å². The summed E-state index contributed by atoms with van der Waals surface area (Å²) in [5.74, 6) is 1.52. The standard InChI is InChI=1S/C29H33BrN4O2/c1-18(2)27-32-26-13-8-22(30)15-25(26)28(35)34(27)31-16-21-14-19(3)33(20(21)4)23-9-11-24(12-10-23)36-17-29(5,6)7/h8-16,18H,17H2,1-7H3. The van der Waals surface area contributed by atoms with Crippen LogP contribution in [0.1, 0.15) is 63.3 Å². The summed E-state index contributed by atoms with van der Waals surface area (Å²) < 4.78 is 10.4. The van der Waals surface area contributed by atoms with Gasteiger partial charge in [0.05, 0.1) is 23.7 Å². The third kappa shape index (κ3) is 5.46. The van der Waals surface area contributed by atoms with Gasteiger partial charge in [0.25, 0.3) is 5.56 Å². The molecule has 0 N–H and O–H groups in total. The molecule has 0 amide bonds. The van der Waals surface area contributed by atoms with Gasteiger partial charge in [-0.15, -0.1) is 0 Å². The fourth-order valence-electron chi connectivity index (χ4n) is 4.08. The van der Waals surface area contributed by atoms with Crippen molar-refractivity contribution in [2.24, 2.45) is 10.5 Å². The molecule has 7 heteroatoms. The van der Waals surface area contributed by atoms with E-state index in [0.717, 1.165) is 32.9 Å². The molecule has 0 atom stereocenters. The van der Waals surface area contributed by atoms with Gasteiger partial charge in [-0.3, -0.25) is 4.79 Å². The molecule has 0 radical (unpaired) electrons. The number of ether oxygens (including phenoxy) is 1. The lowest BCUT2D eigenvalue weighted by Crippen LogP contribution is -2.23. The Hall–Kier alpha value is -3.19. The first-order valence-electron chi connectivity index (χ1n) is 12.1. The van der Waals surface area contributed by atoms with Crippen LogP contribution in [-0.4, -0.2) is 27.0 Å². The van der Waals surface area contributed by atoms with Gasteiger partial charge >= 0.3 is 0 Å². The molecule has 0 aliphatic rings. The van der Waals surface area contributed by atoms with Crippen molar-refractivity contribution in [2.45, 2.75) is 54.4 Å². The van der Waals surface area contributed by atoms with Gasteiger partial charge in [0.1, 0.15) is 11.6 Å². The molecule has 0 saturated carbocycles. The van der Waals surface area contributed by atoms with Gasteiger partial charge < -0.3 is 9.30 Å². The lowest BCUT2D eigenvalue weighted by atomic mass is 9.99. The zero-order valence-electron chi connectivity index (χ0n) is 22.0. The average molecular weight is 550 g/mol. The lowest BCUT2D eigenvalue weighted by Gasteiger charge is -2.19. The van der Waals surface area contributed by atoms with E-state index in [0.29, 0.717) is 23.3 Å². The number of aromatic nitrogens is 3. The Labute approximate surface area is 220 Å². The minimum atomic E-state index is -0.180. The third-order valence-corrected chi connectivity index (χ3v) is 6.39. The molecular formula is C29H33BrN4O2. The van der Waals surface area contributed by atoms with Crippen molar-refractivity contribution in [1.82, 2.24) is 14.2 Å². The summed E-state index contributed by atoms with van der Waals surface area (Å²) in [6.07, 6.45) is 1.75. The van der Waals surface area contributed by atoms with Crippen LogP contribution in [0.3, 0.4) is 0 Å². The van der Waals surface area contributed by atoms with E-state index in [2.05, 4.69) is 78.4 Å². The maximum Gasteiger partial charge on any atom is 0.282 e. The molecule has 188 valence electrons. The second-order valence-electron chi connectivity index (χ2n) is 10.7. The summed E-state index contributed by atoms with van der Waals surface area (Å²) in [4.78, 5) is 18.1. The molecule has 2 aromatic heterocycles. The molecule has 4 rings (SSSR count). The highest BCUT2D eigenvalue weighted by Gasteiger charge is 2.15. The molecule has 0 aliphatic heterocycles. The zero-order valence-corrected chi connectivity index (χ0v) is 23.5. The number of hydrogen-bond acceptors (Lipinski definition) is 4. The molecule has 0 aliphatic carbocycles. The SMILES string of the molecule is Cc1cc(C=Nn2c(C(C)C)nc3ccc(Br)cc3c2=O)c(C)n1-c1ccc(OCC(C)(C)C)cc1. The van der Waals surface area contributed by atoms with E-state index >= 15 is 0 Å². The summed E-state index contributed by atoms with van der Waals surface area (Å²) in [5, 5.41) is 5.15. The van der Waals surface area contributed by atoms with Crippen molar-refractivity contribution in [3.8, 4) is 11.4 Å². The van der Waals surface area contributed by atoms with Gasteiger partial charge in [-0.2, -0.15) is 9.78 Å². The van der Waals surface area contributed by atoms with Crippen molar-refractivity contribution in [3.63, 3.8) is 0 Å². The Morgan fingerprint density at radius 2 is 1.78 bits per heavy atom. The minimum absolute atomic E-state index is 0.0364. The molecular weight excluding hydrogens is 516 g/mol. The Morgan fingerprint density at radius 3 is 2.42 bits per heavy atom. The first kappa shape index (κ1) is 25.9. The van der Waals surface area contributed by atoms with Crippen LogP contribution in [0.5, 0.6) is 5.75 Å². The summed E-state index contributed by atoms with van der Waals surface area (Å²) in [7, 11) is 0. The van der Waals surface area contributed by atoms with E-state index in [4.69, 9.17) is 9.72 Å². The topological polar surface area (TPSA) is 61.4 Å². The highest BCUT2D eigenvalue weighted by Crippen LogP contribution is 2.24. The number of hydrogen-bond donors (Lipinski definition) is 0. The van der Waals surface area contributed by atoms with E-state index in [1.807, 2.05) is 38.1 Å². The van der Waals surface area contributed by atoms with Crippen molar-refractivity contribution in [1.29, 1.82) is 0 Å². The summed E-state index contributed by atoms with van der Waals surface area (Å²) in [5.41, 5.74) is 4.70. The molecule has 6 nitrogen and oxygen atoms in total. The maximum absolute atomic E-state index is 13.3. The van der Waals surface area contributed by atoms with Gasteiger partial charge in [-0.25, -0.2) is 4.98 Å². The van der Waals surface area contributed by atoms with Gasteiger partial charge in [-0.1, -0.05) is 50.5 Å². The normalized spacial score (nSPS) is 12.2. The van der Waals surface area contributed by atoms with Gasteiger partial charge in [-0.05, 0) is 67.8 Å². The van der Waals surface area contributed by atoms with Crippen molar-refractivity contribution < 1.29 is 4.74 Å². The van der Waals surface area contributed by atoms with Crippen LogP contribution >= 0.6 is 15.9 Å². The van der Waals surface area contributed by atoms with Gasteiger partial charge in [0, 0.05) is 33.0 Å². The zero-order chi connectivity index (χ0) is 26.2. The predicted octanol–water partition coefficient (Wildman–Crippen LogP) is 7.00. The molecule has 0 unspecified atom stereocenters. The second kappa shape index (κ2) is 10.1. The highest BCUT2D eigenvalue weighted by atomic mass is 79.9. The van der Waals surface area contributed by atoms with Crippen LogP contribution in [0, 0.1) is 19.3 Å². The number of rotatable bonds is 6. The monoisotopic (exact) mass is 548 g/mol. The lowest BCUT2D eigenvalue weighted by molar-refractivity contribution is 0.198. The van der Waals surface area contributed by atoms with E-state index in [1.54, 1.807) is 12.3 Å². The Morgan fingerprint density at radius 1 is 1.08 bits per heavy atom. The van der Waals surface area contributed by atoms with Crippen molar-refractivity contribution in [3.05, 3.63) is 86.1 Å². The molecule has 0 spiro atoms. The molecule has 36 heavy (non-hydrogen) atoms. The first-order valence-corrected chi connectivity index (χ1v) is 12.9. The summed E-state index contributed by atoms with van der Waals surface area (Å²) >= 11 is 3.45. The summed E-state index contributed by atoms with van der Waals surface area (Å²) in [6.45, 7) is 15.3. The number of halogens is 1. The Kier molecular flexibility index (Phi) is 7.23. The van der Waals surface area contributed by atoms with Gasteiger partial charge in [0.2, 0.25) is 0 Å². The number of benzene rings is 2. The van der Waals surface area contributed by atoms with E-state index < -0.39 is 0 Å². The van der Waals surface area contributed by atoms with Gasteiger partial charge in [0.15, 0.2) is 0 Å². The molecule has 2 aromatic carbocycles. The highest BCUT2D eigenvalue weighted by molar-refractivity contribution is 9.10. The molecule has 2 heterocycles. The molecule has 0 bridgehead atoms. The maximum atomic E-state index is 13.3. The average Bonchev–Trinajstić information content (AvgIpc) is 3.10. The predicted molar refractivity (Wildman–Crippen MR) is 151 cm³/mol. The van der Waals surface area contributed by atoms with Crippen LogP contribution in [0.4, 0.5) is 0 Å². The Bertz CT molecular complexity index is 1490. The van der Waals surface area contributed by atoms with Crippen LogP contribution in [-0.2, 0) is 0 Å². The second-order valence-corrected chi connectivity index (χ2v) is 11.6. The van der Waals surface area contributed by atoms with Crippen molar-refractivity contribution >= 4 is 33.0 Å². The summed E-state index contributed by atoms with van der Waals surface area (Å²) in [6, 6.07) is 15.7. The fraction of sp³-hybridized carbons (Fsp3) is 0.345. The minimum Gasteiger partial charge on any atom is -0.493 e. The Balaban J connectivity index is 1.69. The van der Waals surface area contributed by atoms with E-state index in [-0.39, 0.29) is 16.9 Å². The van der Waals surface area contributed by atoms with E-state index in [9.17, 15) is 4.79 Å². The third-order valence-electron chi connectivity index (χ3n) is 5.90. The molecule has 4 aromatic rings. The van der Waals surface area contributed by atoms with Crippen LogP contribution in [0.2, 0.25) is 0 Å².